The Morgan fingerprint density at radius 3 is 2.15 bits per heavy atom. The van der Waals surface area contributed by atoms with Crippen LogP contribution in [0.1, 0.15) is 27.7 Å². The minimum Gasteiger partial charge on any atom is -0.299 e. The van der Waals surface area contributed by atoms with Crippen LogP contribution in [0.3, 0.4) is 0 Å². The van der Waals surface area contributed by atoms with E-state index in [1.807, 2.05) is 13.0 Å². The minimum atomic E-state index is -0.216. The zero-order chi connectivity index (χ0) is 10.2. The third-order valence-electron chi connectivity index (χ3n) is 3.36. The quantitative estimate of drug-likeness (QED) is 0.622. The lowest BCUT2D eigenvalue weighted by Crippen LogP contribution is -2.10. The average molecular weight is 180 g/mol. The highest BCUT2D eigenvalue weighted by molar-refractivity contribution is 5.89. The predicted octanol–water partition coefficient (Wildman–Crippen LogP) is 1.99. The van der Waals surface area contributed by atoms with Gasteiger partial charge in [-0.15, -0.1) is 0 Å². The summed E-state index contributed by atoms with van der Waals surface area (Å²) in [7, 11) is 0. The number of Topliss-reactive ketones (excluding diaryl/α,β-unsaturated/α-hetero) is 1. The van der Waals surface area contributed by atoms with E-state index < -0.39 is 0 Å². The number of carbonyl (C=O) groups is 2. The van der Waals surface area contributed by atoms with Gasteiger partial charge in [0.05, 0.1) is 0 Å². The molecule has 3 atom stereocenters. The molecule has 1 rings (SSSR count). The molecule has 13 heavy (non-hydrogen) atoms. The lowest BCUT2D eigenvalue weighted by atomic mass is 10.0. The molecule has 1 saturated carbocycles. The molecule has 1 aliphatic carbocycles. The molecule has 0 N–H and O–H groups in total. The average Bonchev–Trinajstić information content (AvgIpc) is 2.53. The first-order valence-corrected chi connectivity index (χ1v) is 4.60. The molecule has 0 radical (unpaired) electrons. The molecule has 0 amide bonds. The van der Waals surface area contributed by atoms with E-state index in [-0.39, 0.29) is 22.9 Å². The predicted molar refractivity (Wildman–Crippen MR) is 51.3 cm³/mol. The summed E-state index contributed by atoms with van der Waals surface area (Å²) in [4.78, 5) is 22.0. The standard InChI is InChI=1S/C11H16O2/c1-7(12)5-6-10-8(2)11(10,4)9(3)13/h5-6,8,10H,1-4H3/b6-5+/t8-,10+,11-/m0/s1. The summed E-state index contributed by atoms with van der Waals surface area (Å²) < 4.78 is 0. The first-order valence-electron chi connectivity index (χ1n) is 4.60. The molecule has 0 spiro atoms. The van der Waals surface area contributed by atoms with E-state index in [0.29, 0.717) is 5.92 Å². The SMILES string of the molecule is CC(=O)/C=C/[C@@H]1[C@H](C)[C@@]1(C)C(C)=O. The lowest BCUT2D eigenvalue weighted by Gasteiger charge is -2.02. The molecule has 0 heterocycles. The van der Waals surface area contributed by atoms with Crippen LogP contribution in [0.5, 0.6) is 0 Å². The Morgan fingerprint density at radius 2 is 1.85 bits per heavy atom. The zero-order valence-corrected chi connectivity index (χ0v) is 8.63. The Morgan fingerprint density at radius 1 is 1.31 bits per heavy atom. The van der Waals surface area contributed by atoms with Gasteiger partial charge in [0.25, 0.3) is 0 Å². The molecule has 0 bridgehead atoms. The van der Waals surface area contributed by atoms with Gasteiger partial charge in [-0.05, 0) is 31.8 Å². The van der Waals surface area contributed by atoms with E-state index in [9.17, 15) is 9.59 Å². The Kier molecular flexibility index (Phi) is 2.42. The summed E-state index contributed by atoms with van der Waals surface area (Å²) in [5, 5.41) is 0. The van der Waals surface area contributed by atoms with Crippen LogP contribution in [-0.2, 0) is 9.59 Å². The summed E-state index contributed by atoms with van der Waals surface area (Å²) in [6.45, 7) is 7.17. The molecule has 0 aliphatic heterocycles. The maximum Gasteiger partial charge on any atom is 0.152 e. The van der Waals surface area contributed by atoms with E-state index in [2.05, 4.69) is 6.92 Å². The monoisotopic (exact) mass is 180 g/mol. The van der Waals surface area contributed by atoms with E-state index in [4.69, 9.17) is 0 Å². The van der Waals surface area contributed by atoms with Gasteiger partial charge >= 0.3 is 0 Å². The first kappa shape index (κ1) is 10.2. The Labute approximate surface area is 79.0 Å². The van der Waals surface area contributed by atoms with E-state index in [1.165, 1.54) is 6.92 Å². The molecule has 2 heteroatoms. The highest BCUT2D eigenvalue weighted by Crippen LogP contribution is 2.59. The summed E-state index contributed by atoms with van der Waals surface area (Å²) in [6, 6.07) is 0. The number of ketones is 2. The smallest absolute Gasteiger partial charge is 0.152 e. The number of rotatable bonds is 3. The number of hydrogen-bond acceptors (Lipinski definition) is 2. The van der Waals surface area contributed by atoms with Crippen molar-refractivity contribution in [3.05, 3.63) is 12.2 Å². The summed E-state index contributed by atoms with van der Waals surface area (Å²) in [5.74, 6) is 0.901. The van der Waals surface area contributed by atoms with Gasteiger partial charge in [0.15, 0.2) is 5.78 Å². The van der Waals surface area contributed by atoms with Gasteiger partial charge in [0.2, 0.25) is 0 Å². The first-order chi connectivity index (χ1) is 5.90. The van der Waals surface area contributed by atoms with Crippen molar-refractivity contribution < 1.29 is 9.59 Å². The molecule has 1 aliphatic rings. The van der Waals surface area contributed by atoms with Crippen molar-refractivity contribution in [3.8, 4) is 0 Å². The van der Waals surface area contributed by atoms with Crippen molar-refractivity contribution >= 4 is 11.6 Å². The van der Waals surface area contributed by atoms with Crippen LogP contribution < -0.4 is 0 Å². The van der Waals surface area contributed by atoms with E-state index in [1.54, 1.807) is 13.0 Å². The fourth-order valence-electron chi connectivity index (χ4n) is 1.93. The molecule has 0 aromatic rings. The Hall–Kier alpha value is -0.920. The van der Waals surface area contributed by atoms with Crippen molar-refractivity contribution in [2.24, 2.45) is 17.3 Å². The van der Waals surface area contributed by atoms with Crippen molar-refractivity contribution in [2.45, 2.75) is 27.7 Å². The van der Waals surface area contributed by atoms with E-state index >= 15 is 0 Å². The lowest BCUT2D eigenvalue weighted by molar-refractivity contribution is -0.122. The number of hydrogen-bond donors (Lipinski definition) is 0. The molecule has 0 aromatic carbocycles. The normalized spacial score (nSPS) is 37.8. The topological polar surface area (TPSA) is 34.1 Å². The van der Waals surface area contributed by atoms with Crippen molar-refractivity contribution in [1.29, 1.82) is 0 Å². The third-order valence-corrected chi connectivity index (χ3v) is 3.36. The van der Waals surface area contributed by atoms with Crippen molar-refractivity contribution in [3.63, 3.8) is 0 Å². The molecule has 2 nitrogen and oxygen atoms in total. The third kappa shape index (κ3) is 1.58. The Bertz CT molecular complexity index is 278. The number of allylic oxidation sites excluding steroid dienone is 2. The van der Waals surface area contributed by atoms with E-state index in [0.717, 1.165) is 0 Å². The van der Waals surface area contributed by atoms with Gasteiger partial charge in [-0.2, -0.15) is 0 Å². The molecule has 0 saturated heterocycles. The number of carbonyl (C=O) groups excluding carboxylic acids is 2. The maximum atomic E-state index is 11.3. The van der Waals surface area contributed by atoms with Gasteiger partial charge in [0.1, 0.15) is 5.78 Å². The van der Waals surface area contributed by atoms with Crippen LogP contribution in [0, 0.1) is 17.3 Å². The van der Waals surface area contributed by atoms with Gasteiger partial charge < -0.3 is 0 Å². The van der Waals surface area contributed by atoms with Gasteiger partial charge in [-0.25, -0.2) is 0 Å². The molecule has 1 fully saturated rings. The highest BCUT2D eigenvalue weighted by Gasteiger charge is 2.60. The second kappa shape index (κ2) is 3.09. The second-order valence-corrected chi connectivity index (χ2v) is 4.12. The van der Waals surface area contributed by atoms with Gasteiger partial charge in [-0.3, -0.25) is 9.59 Å². The van der Waals surface area contributed by atoms with Crippen LogP contribution in [0.4, 0.5) is 0 Å². The largest absolute Gasteiger partial charge is 0.299 e. The Balaban J connectivity index is 2.68. The van der Waals surface area contributed by atoms with Crippen LogP contribution in [0.25, 0.3) is 0 Å². The fraction of sp³-hybridized carbons (Fsp3) is 0.636. The summed E-state index contributed by atoms with van der Waals surface area (Å²) in [6.07, 6.45) is 3.43. The van der Waals surface area contributed by atoms with Crippen LogP contribution in [0.2, 0.25) is 0 Å². The van der Waals surface area contributed by atoms with Crippen LogP contribution in [-0.4, -0.2) is 11.6 Å². The summed E-state index contributed by atoms with van der Waals surface area (Å²) >= 11 is 0. The molecule has 72 valence electrons. The van der Waals surface area contributed by atoms with Crippen LogP contribution in [0.15, 0.2) is 12.2 Å². The van der Waals surface area contributed by atoms with Crippen molar-refractivity contribution in [2.75, 3.05) is 0 Å². The second-order valence-electron chi connectivity index (χ2n) is 4.12. The fourth-order valence-corrected chi connectivity index (χ4v) is 1.93. The van der Waals surface area contributed by atoms with Crippen LogP contribution >= 0.6 is 0 Å². The molecule has 0 unspecified atom stereocenters. The summed E-state index contributed by atoms with van der Waals surface area (Å²) in [5.41, 5.74) is -0.216. The highest BCUT2D eigenvalue weighted by atomic mass is 16.1. The minimum absolute atomic E-state index is 0.0463. The molecular weight excluding hydrogens is 164 g/mol. The molecule has 0 aromatic heterocycles. The van der Waals surface area contributed by atoms with Gasteiger partial charge in [0, 0.05) is 5.41 Å². The maximum absolute atomic E-state index is 11.3. The zero-order valence-electron chi connectivity index (χ0n) is 8.63. The molecular formula is C11H16O2. The van der Waals surface area contributed by atoms with Crippen molar-refractivity contribution in [1.82, 2.24) is 0 Å². The van der Waals surface area contributed by atoms with Gasteiger partial charge in [-0.1, -0.05) is 19.9 Å².